The predicted octanol–water partition coefficient (Wildman–Crippen LogP) is 3.55. The third-order valence-corrected chi connectivity index (χ3v) is 6.95. The van der Waals surface area contributed by atoms with E-state index in [0.717, 1.165) is 27.2 Å². The van der Waals surface area contributed by atoms with Crippen LogP contribution in [0.5, 0.6) is 0 Å². The minimum atomic E-state index is -0.0341. The molecule has 3 aromatic heterocycles. The molecule has 0 atom stereocenters. The van der Waals surface area contributed by atoms with E-state index in [0.29, 0.717) is 37.8 Å². The number of amides is 1. The van der Waals surface area contributed by atoms with Crippen LogP contribution in [0.3, 0.4) is 0 Å². The molecule has 1 aromatic carbocycles. The number of thiazole rings is 1. The van der Waals surface area contributed by atoms with E-state index in [4.69, 9.17) is 4.74 Å². The van der Waals surface area contributed by atoms with Gasteiger partial charge in [0.25, 0.3) is 5.91 Å². The highest BCUT2D eigenvalue weighted by Crippen LogP contribution is 2.30. The molecule has 1 fully saturated rings. The third kappa shape index (κ3) is 4.43. The number of pyridine rings is 1. The Kier molecular flexibility index (Phi) is 6.24. The van der Waals surface area contributed by atoms with Gasteiger partial charge in [0.15, 0.2) is 11.0 Å². The van der Waals surface area contributed by atoms with Gasteiger partial charge in [-0.15, -0.1) is 21.5 Å². The molecule has 10 heteroatoms. The van der Waals surface area contributed by atoms with Gasteiger partial charge in [-0.1, -0.05) is 30.0 Å². The maximum absolute atomic E-state index is 12.7. The lowest BCUT2D eigenvalue weighted by atomic mass is 10.2. The van der Waals surface area contributed by atoms with Crippen molar-refractivity contribution >= 4 is 29.0 Å². The summed E-state index contributed by atoms with van der Waals surface area (Å²) in [5, 5.41) is 12.4. The second-order valence-electron chi connectivity index (χ2n) is 7.03. The lowest BCUT2D eigenvalue weighted by molar-refractivity contribution is 0.0299. The first kappa shape index (κ1) is 20.8. The van der Waals surface area contributed by atoms with Gasteiger partial charge >= 0.3 is 0 Å². The molecule has 0 N–H and O–H groups in total. The molecule has 1 saturated heterocycles. The highest BCUT2D eigenvalue weighted by molar-refractivity contribution is 7.98. The van der Waals surface area contributed by atoms with E-state index in [9.17, 15) is 4.79 Å². The molecule has 0 unspecified atom stereocenters. The van der Waals surface area contributed by atoms with E-state index in [-0.39, 0.29) is 5.91 Å². The molecule has 0 spiro atoms. The number of hydrogen-bond donors (Lipinski definition) is 0. The third-order valence-electron chi connectivity index (χ3n) is 4.98. The van der Waals surface area contributed by atoms with Crippen LogP contribution in [0, 0.1) is 0 Å². The van der Waals surface area contributed by atoms with E-state index in [1.54, 1.807) is 29.1 Å². The Morgan fingerprint density at radius 2 is 1.84 bits per heavy atom. The average molecular weight is 465 g/mol. The molecule has 0 bridgehead atoms. The van der Waals surface area contributed by atoms with Gasteiger partial charge in [0.2, 0.25) is 0 Å². The number of nitrogens with zero attached hydrogens (tertiary/aromatic N) is 6. The summed E-state index contributed by atoms with van der Waals surface area (Å²) in [6, 6.07) is 13.9. The van der Waals surface area contributed by atoms with Crippen molar-refractivity contribution in [3.63, 3.8) is 0 Å². The largest absolute Gasteiger partial charge is 0.378 e. The fourth-order valence-corrected chi connectivity index (χ4v) is 5.13. The van der Waals surface area contributed by atoms with Crippen molar-refractivity contribution in [1.82, 2.24) is 29.6 Å². The SMILES string of the molecule is O=C(c1csc(CSc2nnc(-c3ccncc3)n2-c2ccccc2)n1)N1CCOCC1. The number of hydrogen-bond acceptors (Lipinski definition) is 8. The van der Waals surface area contributed by atoms with E-state index in [2.05, 4.69) is 20.2 Å². The Labute approximate surface area is 193 Å². The molecule has 8 nitrogen and oxygen atoms in total. The van der Waals surface area contributed by atoms with E-state index < -0.39 is 0 Å². The quantitative estimate of drug-likeness (QED) is 0.403. The lowest BCUT2D eigenvalue weighted by Gasteiger charge is -2.25. The van der Waals surface area contributed by atoms with Gasteiger partial charge in [0.1, 0.15) is 10.7 Å². The molecule has 0 aliphatic carbocycles. The molecule has 1 amide bonds. The van der Waals surface area contributed by atoms with Gasteiger partial charge in [-0.3, -0.25) is 14.3 Å². The van der Waals surface area contributed by atoms with Crippen LogP contribution >= 0.6 is 23.1 Å². The van der Waals surface area contributed by atoms with Crippen LogP contribution in [0.2, 0.25) is 0 Å². The Morgan fingerprint density at radius 1 is 1.06 bits per heavy atom. The van der Waals surface area contributed by atoms with Gasteiger partial charge in [-0.25, -0.2) is 4.98 Å². The summed E-state index contributed by atoms with van der Waals surface area (Å²) in [6.07, 6.45) is 3.49. The first-order chi connectivity index (χ1) is 15.8. The zero-order chi connectivity index (χ0) is 21.8. The standard InChI is InChI=1S/C22H20N6O2S2/c29-21(27-10-12-30-13-11-27)18-14-31-19(24-18)15-32-22-26-25-20(16-6-8-23-9-7-16)28(22)17-4-2-1-3-5-17/h1-9,14H,10-13,15H2. The number of benzene rings is 1. The second kappa shape index (κ2) is 9.60. The van der Waals surface area contributed by atoms with Crippen molar-refractivity contribution in [2.45, 2.75) is 10.9 Å². The highest BCUT2D eigenvalue weighted by atomic mass is 32.2. The van der Waals surface area contributed by atoms with Crippen molar-refractivity contribution in [1.29, 1.82) is 0 Å². The highest BCUT2D eigenvalue weighted by Gasteiger charge is 2.21. The molecule has 4 heterocycles. The lowest BCUT2D eigenvalue weighted by Crippen LogP contribution is -2.40. The van der Waals surface area contributed by atoms with Gasteiger partial charge in [0.05, 0.1) is 19.0 Å². The number of aromatic nitrogens is 5. The van der Waals surface area contributed by atoms with Crippen LogP contribution in [0.15, 0.2) is 65.4 Å². The number of rotatable bonds is 6. The van der Waals surface area contributed by atoms with Crippen molar-refractivity contribution in [2.24, 2.45) is 0 Å². The topological polar surface area (TPSA) is 86.0 Å². The summed E-state index contributed by atoms with van der Waals surface area (Å²) in [7, 11) is 0. The Hall–Kier alpha value is -3.08. The van der Waals surface area contributed by atoms with Crippen LogP contribution in [-0.4, -0.2) is 61.8 Å². The normalized spacial score (nSPS) is 13.9. The molecule has 0 saturated carbocycles. The Bertz CT molecular complexity index is 1190. The van der Waals surface area contributed by atoms with Crippen LogP contribution in [0.1, 0.15) is 15.5 Å². The summed E-state index contributed by atoms with van der Waals surface area (Å²) in [4.78, 5) is 23.1. The molecular weight excluding hydrogens is 444 g/mol. The van der Waals surface area contributed by atoms with E-state index in [1.807, 2.05) is 52.4 Å². The molecule has 5 rings (SSSR count). The van der Waals surface area contributed by atoms with E-state index in [1.165, 1.54) is 11.3 Å². The molecule has 162 valence electrons. The fraction of sp³-hybridized carbons (Fsp3) is 0.227. The van der Waals surface area contributed by atoms with Crippen molar-refractivity contribution < 1.29 is 9.53 Å². The molecule has 1 aliphatic rings. The smallest absolute Gasteiger partial charge is 0.273 e. The summed E-state index contributed by atoms with van der Waals surface area (Å²) in [5.41, 5.74) is 2.42. The predicted molar refractivity (Wildman–Crippen MR) is 123 cm³/mol. The summed E-state index contributed by atoms with van der Waals surface area (Å²) < 4.78 is 7.36. The Balaban J connectivity index is 1.37. The minimum absolute atomic E-state index is 0.0341. The van der Waals surface area contributed by atoms with E-state index >= 15 is 0 Å². The first-order valence-corrected chi connectivity index (χ1v) is 12.0. The monoisotopic (exact) mass is 464 g/mol. The van der Waals surface area contributed by atoms with Gasteiger partial charge in [-0.05, 0) is 24.3 Å². The molecule has 0 radical (unpaired) electrons. The van der Waals surface area contributed by atoms with Crippen LogP contribution < -0.4 is 0 Å². The summed E-state index contributed by atoms with van der Waals surface area (Å²) in [6.45, 7) is 2.37. The average Bonchev–Trinajstić information content (AvgIpc) is 3.51. The zero-order valence-electron chi connectivity index (χ0n) is 17.1. The maximum atomic E-state index is 12.7. The number of para-hydroxylation sites is 1. The van der Waals surface area contributed by atoms with Gasteiger partial charge in [-0.2, -0.15) is 0 Å². The first-order valence-electron chi connectivity index (χ1n) is 10.1. The van der Waals surface area contributed by atoms with Gasteiger partial charge < -0.3 is 9.64 Å². The van der Waals surface area contributed by atoms with Crippen LogP contribution in [0.4, 0.5) is 0 Å². The molecule has 4 aromatic rings. The number of carbonyl (C=O) groups excluding carboxylic acids is 1. The minimum Gasteiger partial charge on any atom is -0.378 e. The fourth-order valence-electron chi connectivity index (χ4n) is 3.39. The molecule has 1 aliphatic heterocycles. The van der Waals surface area contributed by atoms with Crippen molar-refractivity contribution in [3.8, 4) is 17.1 Å². The van der Waals surface area contributed by atoms with Gasteiger partial charge in [0, 0.05) is 42.1 Å². The van der Waals surface area contributed by atoms with Crippen molar-refractivity contribution in [3.05, 3.63) is 70.9 Å². The van der Waals surface area contributed by atoms with Crippen LogP contribution in [0.25, 0.3) is 17.1 Å². The maximum Gasteiger partial charge on any atom is 0.273 e. The molecular formula is C22H20N6O2S2. The number of carbonyl (C=O) groups is 1. The second-order valence-corrected chi connectivity index (χ2v) is 8.92. The summed E-state index contributed by atoms with van der Waals surface area (Å²) >= 11 is 3.04. The number of morpholine rings is 1. The van der Waals surface area contributed by atoms with Crippen molar-refractivity contribution in [2.75, 3.05) is 26.3 Å². The number of ether oxygens (including phenoxy) is 1. The Morgan fingerprint density at radius 3 is 2.62 bits per heavy atom. The number of thioether (sulfide) groups is 1. The summed E-state index contributed by atoms with van der Waals surface area (Å²) in [5.74, 6) is 1.32. The zero-order valence-corrected chi connectivity index (χ0v) is 18.8. The molecule has 32 heavy (non-hydrogen) atoms. The van der Waals surface area contributed by atoms with Crippen LogP contribution in [-0.2, 0) is 10.5 Å².